The van der Waals surface area contributed by atoms with Crippen molar-refractivity contribution in [2.45, 2.75) is 62.7 Å². The topological polar surface area (TPSA) is 119 Å². The lowest BCUT2D eigenvalue weighted by molar-refractivity contribution is -0.150. The van der Waals surface area contributed by atoms with Crippen LogP contribution >= 0.6 is 0 Å². The number of amides is 3. The molecule has 49 heavy (non-hydrogen) atoms. The number of carbonyl (C=O) groups is 3. The van der Waals surface area contributed by atoms with Crippen LogP contribution in [0.1, 0.15) is 40.4 Å². The number of hydrogen-bond acceptors (Lipinski definition) is 6. The smallest absolute Gasteiger partial charge is 0.268 e. The molecular formula is C39H41N3O6Si. The van der Waals surface area contributed by atoms with Crippen molar-refractivity contribution in [1.29, 1.82) is 0 Å². The maximum atomic E-state index is 14.9. The van der Waals surface area contributed by atoms with E-state index in [0.29, 0.717) is 41.2 Å². The summed E-state index contributed by atoms with van der Waals surface area (Å²) in [6, 6.07) is 31.2. The number of nitrogens with zero attached hydrogens (tertiary/aromatic N) is 2. The molecule has 0 saturated carbocycles. The highest BCUT2D eigenvalue weighted by atomic mass is 28.4. The Kier molecular flexibility index (Phi) is 8.52. The van der Waals surface area contributed by atoms with Gasteiger partial charge in [0.2, 0.25) is 5.91 Å². The molecule has 0 radical (unpaired) electrons. The van der Waals surface area contributed by atoms with Crippen molar-refractivity contribution in [3.63, 3.8) is 0 Å². The van der Waals surface area contributed by atoms with Gasteiger partial charge in [-0.2, -0.15) is 0 Å². The first-order valence-electron chi connectivity index (χ1n) is 16.8. The first-order chi connectivity index (χ1) is 23.5. The van der Waals surface area contributed by atoms with Crippen LogP contribution in [0.3, 0.4) is 0 Å². The van der Waals surface area contributed by atoms with Gasteiger partial charge in [0.1, 0.15) is 0 Å². The van der Waals surface area contributed by atoms with Crippen molar-refractivity contribution in [2.75, 3.05) is 16.8 Å². The summed E-state index contributed by atoms with van der Waals surface area (Å²) < 4.78 is 6.96. The molecule has 5 atom stereocenters. The van der Waals surface area contributed by atoms with Gasteiger partial charge < -0.3 is 24.9 Å². The largest absolute Gasteiger partial charge is 0.432 e. The van der Waals surface area contributed by atoms with Crippen molar-refractivity contribution in [1.82, 2.24) is 4.90 Å². The molecule has 0 aliphatic carbocycles. The number of rotatable bonds is 7. The van der Waals surface area contributed by atoms with Crippen LogP contribution in [0.25, 0.3) is 0 Å². The molecule has 0 aromatic heterocycles. The van der Waals surface area contributed by atoms with Crippen molar-refractivity contribution in [3.05, 3.63) is 125 Å². The van der Waals surface area contributed by atoms with E-state index in [0.717, 1.165) is 11.1 Å². The Balaban J connectivity index is 1.28. The fraction of sp³-hybridized carbons (Fsp3) is 0.308. The molecule has 7 rings (SSSR count). The second-order valence-electron chi connectivity index (χ2n) is 13.9. The lowest BCUT2D eigenvalue weighted by Crippen LogP contribution is -2.48. The number of hydrogen-bond donors (Lipinski definition) is 3. The molecule has 252 valence electrons. The molecule has 1 fully saturated rings. The van der Waals surface area contributed by atoms with Crippen molar-refractivity contribution >= 4 is 43.1 Å². The summed E-state index contributed by atoms with van der Waals surface area (Å²) in [5.41, 5.74) is 3.02. The van der Waals surface area contributed by atoms with Crippen molar-refractivity contribution in [2.24, 2.45) is 5.92 Å². The first kappa shape index (κ1) is 32.9. The van der Waals surface area contributed by atoms with E-state index in [1.54, 1.807) is 46.2 Å². The Morgan fingerprint density at radius 1 is 0.939 bits per heavy atom. The lowest BCUT2D eigenvalue weighted by atomic mass is 9.82. The molecule has 3 amide bonds. The zero-order chi connectivity index (χ0) is 34.5. The van der Waals surface area contributed by atoms with Crippen molar-refractivity contribution < 1.29 is 29.0 Å². The van der Waals surface area contributed by atoms with E-state index in [2.05, 4.69) is 5.32 Å². The zero-order valence-corrected chi connectivity index (χ0v) is 28.9. The van der Waals surface area contributed by atoms with Gasteiger partial charge in [0.05, 0.1) is 30.9 Å². The standard InChI is InChI=1S/C39H41N3O6Si/c1-25-36(49(2,3)47)34(22-35(44)41-23-28-15-11-10-14-27(28)20-31(41)24-43)48-39(25)32-21-29(40-37(45)26-12-6-4-7-13-26)18-19-33(32)42(38(39)46)30-16-8-5-9-17-30/h4-19,21,25,31,34,36,43,47H,20,22-24H2,1-3H3,(H,40,45)/t25-,31+,34+,36-,39+/m1/s1. The van der Waals surface area contributed by atoms with Crippen LogP contribution in [0.5, 0.6) is 0 Å². The molecule has 10 heteroatoms. The van der Waals surface area contributed by atoms with Crippen LogP contribution in [0, 0.1) is 5.92 Å². The lowest BCUT2D eigenvalue weighted by Gasteiger charge is -2.37. The second-order valence-corrected chi connectivity index (χ2v) is 17.9. The Hall–Kier alpha value is -4.61. The fourth-order valence-electron chi connectivity index (χ4n) is 8.24. The van der Waals surface area contributed by atoms with Crippen molar-refractivity contribution in [3.8, 4) is 0 Å². The fourth-order valence-corrected chi connectivity index (χ4v) is 10.8. The van der Waals surface area contributed by atoms with Gasteiger partial charge in [-0.25, -0.2) is 0 Å². The number of carbonyl (C=O) groups excluding carboxylic acids is 3. The van der Waals surface area contributed by atoms with Gasteiger partial charge in [-0.1, -0.05) is 67.6 Å². The highest BCUT2D eigenvalue weighted by molar-refractivity contribution is 6.71. The van der Waals surface area contributed by atoms with E-state index < -0.39 is 31.5 Å². The average molecular weight is 676 g/mol. The van der Waals surface area contributed by atoms with Gasteiger partial charge in [0, 0.05) is 40.5 Å². The van der Waals surface area contributed by atoms with Gasteiger partial charge in [-0.15, -0.1) is 0 Å². The summed E-state index contributed by atoms with van der Waals surface area (Å²) in [7, 11) is -3.06. The van der Waals surface area contributed by atoms with Crippen LogP contribution in [0.15, 0.2) is 103 Å². The van der Waals surface area contributed by atoms with E-state index in [-0.39, 0.29) is 36.8 Å². The second kappa shape index (κ2) is 12.7. The van der Waals surface area contributed by atoms with E-state index in [1.165, 1.54) is 0 Å². The quantitative estimate of drug-likeness (QED) is 0.215. The van der Waals surface area contributed by atoms with Crippen LogP contribution in [0.2, 0.25) is 18.6 Å². The minimum Gasteiger partial charge on any atom is -0.432 e. The molecule has 1 saturated heterocycles. The summed E-state index contributed by atoms with van der Waals surface area (Å²) >= 11 is 0. The Morgan fingerprint density at radius 2 is 1.59 bits per heavy atom. The molecular weight excluding hydrogens is 635 g/mol. The number of nitrogens with one attached hydrogen (secondary N) is 1. The van der Waals surface area contributed by atoms with Gasteiger partial charge >= 0.3 is 0 Å². The molecule has 4 aromatic rings. The third kappa shape index (κ3) is 5.68. The third-order valence-electron chi connectivity index (χ3n) is 10.5. The molecule has 9 nitrogen and oxygen atoms in total. The summed E-state index contributed by atoms with van der Waals surface area (Å²) in [5.74, 6) is -1.29. The molecule has 3 aliphatic rings. The Labute approximate surface area is 287 Å². The Bertz CT molecular complexity index is 1900. The molecule has 3 N–H and O–H groups in total. The maximum Gasteiger partial charge on any atom is 0.268 e. The number of aliphatic hydroxyl groups is 1. The first-order valence-corrected chi connectivity index (χ1v) is 19.8. The molecule has 0 unspecified atom stereocenters. The number of aliphatic hydroxyl groups excluding tert-OH is 1. The predicted octanol–water partition coefficient (Wildman–Crippen LogP) is 5.75. The Morgan fingerprint density at radius 3 is 2.27 bits per heavy atom. The van der Waals surface area contributed by atoms with Crippen LogP contribution in [0.4, 0.5) is 17.1 Å². The summed E-state index contributed by atoms with van der Waals surface area (Å²) in [6.45, 7) is 5.78. The van der Waals surface area contributed by atoms with Crippen LogP contribution in [-0.4, -0.2) is 59.6 Å². The number of fused-ring (bicyclic) bond motifs is 3. The van der Waals surface area contributed by atoms with Gasteiger partial charge in [-0.3, -0.25) is 19.3 Å². The SMILES string of the molecule is C[C@@H]1[C@@H]([Si](C)(C)O)[C@H](CC(=O)N2Cc3ccccc3C[C@H]2CO)O[C@@]12C(=O)N(c1ccccc1)c1ccc(NC(=O)c3ccccc3)cc12. The average Bonchev–Trinajstić information content (AvgIpc) is 3.54. The molecule has 0 bridgehead atoms. The number of para-hydroxylation sites is 1. The van der Waals surface area contributed by atoms with Crippen LogP contribution < -0.4 is 10.2 Å². The number of anilines is 3. The van der Waals surface area contributed by atoms with Gasteiger partial charge in [0.15, 0.2) is 13.9 Å². The summed E-state index contributed by atoms with van der Waals surface area (Å²) in [5, 5.41) is 13.3. The maximum absolute atomic E-state index is 14.9. The highest BCUT2D eigenvalue weighted by Gasteiger charge is 2.67. The van der Waals surface area contributed by atoms with Gasteiger partial charge in [0.25, 0.3) is 11.8 Å². The number of ether oxygens (including phenoxy) is 1. The summed E-state index contributed by atoms with van der Waals surface area (Å²) in [4.78, 5) is 57.4. The van der Waals surface area contributed by atoms with E-state index in [9.17, 15) is 24.3 Å². The number of benzene rings is 4. The highest BCUT2D eigenvalue weighted by Crippen LogP contribution is 2.61. The van der Waals surface area contributed by atoms with E-state index in [4.69, 9.17) is 4.74 Å². The predicted molar refractivity (Wildman–Crippen MR) is 190 cm³/mol. The molecule has 1 spiro atoms. The van der Waals surface area contributed by atoms with E-state index >= 15 is 0 Å². The molecule has 3 heterocycles. The van der Waals surface area contributed by atoms with Crippen LogP contribution in [-0.2, 0) is 32.9 Å². The zero-order valence-electron chi connectivity index (χ0n) is 27.9. The van der Waals surface area contributed by atoms with Gasteiger partial charge in [-0.05, 0) is 73.1 Å². The van der Waals surface area contributed by atoms with E-state index in [1.807, 2.05) is 86.7 Å². The minimum atomic E-state index is -3.06. The molecule has 4 aromatic carbocycles. The molecule has 3 aliphatic heterocycles. The summed E-state index contributed by atoms with van der Waals surface area (Å²) in [6.07, 6.45) is -0.269. The third-order valence-corrected chi connectivity index (χ3v) is 13.0. The monoisotopic (exact) mass is 675 g/mol. The normalized spacial score (nSPS) is 24.6. The minimum absolute atomic E-state index is 0.0508.